The van der Waals surface area contributed by atoms with Crippen LogP contribution in [0.25, 0.3) is 22.4 Å². The van der Waals surface area contributed by atoms with Gasteiger partial charge in [0.15, 0.2) is 5.82 Å². The minimum absolute atomic E-state index is 0.181. The standard InChI is InChI=1S/C18H14N4O2S/c1-2-24-14-6-4-3-5-13(14)11-15-17(23)22-18(25-15)20-16(21-22)12-7-9-19-10-8-12/h3-11H,2H2,1H3. The van der Waals surface area contributed by atoms with E-state index in [-0.39, 0.29) is 5.56 Å². The molecule has 25 heavy (non-hydrogen) atoms. The van der Waals surface area contributed by atoms with Crippen molar-refractivity contribution in [3.63, 3.8) is 0 Å². The predicted molar refractivity (Wildman–Crippen MR) is 96.8 cm³/mol. The van der Waals surface area contributed by atoms with Gasteiger partial charge in [0.2, 0.25) is 4.96 Å². The quantitative estimate of drug-likeness (QED) is 0.564. The van der Waals surface area contributed by atoms with Gasteiger partial charge in [0.1, 0.15) is 5.75 Å². The first-order chi connectivity index (χ1) is 12.3. The van der Waals surface area contributed by atoms with Gasteiger partial charge in [-0.25, -0.2) is 0 Å². The number of pyridine rings is 1. The van der Waals surface area contributed by atoms with Gasteiger partial charge in [0, 0.05) is 23.5 Å². The molecule has 0 aliphatic heterocycles. The van der Waals surface area contributed by atoms with Crippen molar-refractivity contribution in [2.45, 2.75) is 6.92 Å². The molecule has 0 aliphatic rings. The molecule has 0 saturated heterocycles. The first-order valence-electron chi connectivity index (χ1n) is 7.80. The largest absolute Gasteiger partial charge is 0.493 e. The molecule has 3 heterocycles. The highest BCUT2D eigenvalue weighted by Crippen LogP contribution is 2.19. The van der Waals surface area contributed by atoms with Crippen molar-refractivity contribution in [3.8, 4) is 17.1 Å². The number of hydrogen-bond donors (Lipinski definition) is 0. The molecule has 4 rings (SSSR count). The molecule has 6 nitrogen and oxygen atoms in total. The van der Waals surface area contributed by atoms with Gasteiger partial charge in [0.25, 0.3) is 5.56 Å². The Kier molecular flexibility index (Phi) is 3.99. The fraction of sp³-hybridized carbons (Fsp3) is 0.111. The van der Waals surface area contributed by atoms with Gasteiger partial charge in [-0.05, 0) is 31.2 Å². The number of fused-ring (bicyclic) bond motifs is 1. The summed E-state index contributed by atoms with van der Waals surface area (Å²) in [5, 5.41) is 4.33. The van der Waals surface area contributed by atoms with Gasteiger partial charge in [-0.2, -0.15) is 9.50 Å². The monoisotopic (exact) mass is 350 g/mol. The lowest BCUT2D eigenvalue weighted by atomic mass is 10.2. The maximum Gasteiger partial charge on any atom is 0.291 e. The SMILES string of the molecule is CCOc1ccccc1C=c1sc2nc(-c3ccncc3)nn2c1=O. The Morgan fingerprint density at radius 3 is 2.76 bits per heavy atom. The Labute approximate surface area is 147 Å². The van der Waals surface area contributed by atoms with Gasteiger partial charge < -0.3 is 4.74 Å². The van der Waals surface area contributed by atoms with Crippen LogP contribution in [0.5, 0.6) is 5.75 Å². The minimum atomic E-state index is -0.181. The zero-order valence-corrected chi connectivity index (χ0v) is 14.2. The van der Waals surface area contributed by atoms with Crippen LogP contribution in [0.15, 0.2) is 53.6 Å². The third-order valence-corrected chi connectivity index (χ3v) is 4.59. The Balaban J connectivity index is 1.81. The fourth-order valence-electron chi connectivity index (χ4n) is 2.48. The Morgan fingerprint density at radius 1 is 1.20 bits per heavy atom. The van der Waals surface area contributed by atoms with Crippen LogP contribution in [0.1, 0.15) is 12.5 Å². The molecule has 0 radical (unpaired) electrons. The Morgan fingerprint density at radius 2 is 2.00 bits per heavy atom. The summed E-state index contributed by atoms with van der Waals surface area (Å²) < 4.78 is 7.52. The summed E-state index contributed by atoms with van der Waals surface area (Å²) >= 11 is 1.31. The van der Waals surface area contributed by atoms with Gasteiger partial charge in [-0.3, -0.25) is 9.78 Å². The molecule has 0 fully saturated rings. The summed E-state index contributed by atoms with van der Waals surface area (Å²) in [5.41, 5.74) is 1.51. The van der Waals surface area contributed by atoms with E-state index in [0.717, 1.165) is 16.9 Å². The van der Waals surface area contributed by atoms with Crippen molar-refractivity contribution in [2.24, 2.45) is 0 Å². The van der Waals surface area contributed by atoms with Crippen LogP contribution in [-0.4, -0.2) is 26.2 Å². The zero-order chi connectivity index (χ0) is 17.2. The van der Waals surface area contributed by atoms with Gasteiger partial charge in [-0.15, -0.1) is 5.10 Å². The summed E-state index contributed by atoms with van der Waals surface area (Å²) in [6.07, 6.45) is 5.17. The van der Waals surface area contributed by atoms with Crippen molar-refractivity contribution in [3.05, 3.63) is 69.2 Å². The van der Waals surface area contributed by atoms with Crippen molar-refractivity contribution in [1.82, 2.24) is 19.6 Å². The topological polar surface area (TPSA) is 69.4 Å². The molecule has 3 aromatic heterocycles. The number of hydrogen-bond acceptors (Lipinski definition) is 6. The van der Waals surface area contributed by atoms with E-state index in [1.165, 1.54) is 15.9 Å². The van der Waals surface area contributed by atoms with E-state index in [1.54, 1.807) is 12.4 Å². The summed E-state index contributed by atoms with van der Waals surface area (Å²) in [4.78, 5) is 21.6. The van der Waals surface area contributed by atoms with Crippen LogP contribution in [0, 0.1) is 0 Å². The van der Waals surface area contributed by atoms with E-state index >= 15 is 0 Å². The van der Waals surface area contributed by atoms with Crippen LogP contribution in [-0.2, 0) is 0 Å². The number of thiazole rings is 1. The molecular formula is C18H14N4O2S. The second kappa shape index (κ2) is 6.45. The molecule has 7 heteroatoms. The molecule has 0 aliphatic carbocycles. The van der Waals surface area contributed by atoms with E-state index in [1.807, 2.05) is 49.4 Å². The molecule has 0 N–H and O–H groups in total. The number of rotatable bonds is 4. The van der Waals surface area contributed by atoms with E-state index in [2.05, 4.69) is 15.1 Å². The van der Waals surface area contributed by atoms with Crippen LogP contribution in [0.3, 0.4) is 0 Å². The number of aromatic nitrogens is 4. The lowest BCUT2D eigenvalue weighted by Gasteiger charge is -2.05. The van der Waals surface area contributed by atoms with Gasteiger partial charge >= 0.3 is 0 Å². The molecule has 1 aromatic carbocycles. The van der Waals surface area contributed by atoms with Crippen LogP contribution < -0.4 is 14.8 Å². The third kappa shape index (κ3) is 2.89. The second-order valence-electron chi connectivity index (χ2n) is 5.25. The zero-order valence-electron chi connectivity index (χ0n) is 13.4. The van der Waals surface area contributed by atoms with E-state index in [4.69, 9.17) is 4.74 Å². The molecule has 0 bridgehead atoms. The highest BCUT2D eigenvalue weighted by Gasteiger charge is 2.12. The van der Waals surface area contributed by atoms with Gasteiger partial charge in [-0.1, -0.05) is 29.5 Å². The first-order valence-corrected chi connectivity index (χ1v) is 8.61. The van der Waals surface area contributed by atoms with E-state index in [9.17, 15) is 4.79 Å². The number of ether oxygens (including phenoxy) is 1. The molecule has 0 unspecified atom stereocenters. The molecular weight excluding hydrogens is 336 g/mol. The average molecular weight is 350 g/mol. The van der Waals surface area contributed by atoms with Crippen molar-refractivity contribution < 1.29 is 4.74 Å². The minimum Gasteiger partial charge on any atom is -0.493 e. The van der Waals surface area contributed by atoms with Crippen molar-refractivity contribution in [2.75, 3.05) is 6.61 Å². The summed E-state index contributed by atoms with van der Waals surface area (Å²) in [6, 6.07) is 11.3. The number of para-hydroxylation sites is 1. The van der Waals surface area contributed by atoms with Crippen LogP contribution in [0.4, 0.5) is 0 Å². The third-order valence-electron chi connectivity index (χ3n) is 3.63. The molecule has 0 spiro atoms. The van der Waals surface area contributed by atoms with Crippen LogP contribution in [0.2, 0.25) is 0 Å². The molecule has 124 valence electrons. The molecule has 4 aromatic rings. The lowest BCUT2D eigenvalue weighted by Crippen LogP contribution is -2.23. The first kappa shape index (κ1) is 15.5. The average Bonchev–Trinajstić information content (AvgIpc) is 3.18. The number of nitrogens with zero attached hydrogens (tertiary/aromatic N) is 4. The highest BCUT2D eigenvalue weighted by atomic mass is 32.1. The van der Waals surface area contributed by atoms with E-state index < -0.39 is 0 Å². The summed E-state index contributed by atoms with van der Waals surface area (Å²) in [7, 11) is 0. The maximum absolute atomic E-state index is 12.6. The van der Waals surface area contributed by atoms with Crippen molar-refractivity contribution in [1.29, 1.82) is 0 Å². The van der Waals surface area contributed by atoms with E-state index in [0.29, 0.717) is 21.9 Å². The fourth-order valence-corrected chi connectivity index (χ4v) is 3.38. The summed E-state index contributed by atoms with van der Waals surface area (Å²) in [5.74, 6) is 1.27. The lowest BCUT2D eigenvalue weighted by molar-refractivity contribution is 0.339. The molecule has 0 amide bonds. The second-order valence-corrected chi connectivity index (χ2v) is 6.26. The Hall–Kier alpha value is -3.06. The predicted octanol–water partition coefficient (Wildman–Crippen LogP) is 2.16. The normalized spacial score (nSPS) is 12.0. The molecule has 0 atom stereocenters. The summed E-state index contributed by atoms with van der Waals surface area (Å²) in [6.45, 7) is 2.50. The smallest absolute Gasteiger partial charge is 0.291 e. The Bertz CT molecular complexity index is 1140. The highest BCUT2D eigenvalue weighted by molar-refractivity contribution is 7.15. The number of benzene rings is 1. The van der Waals surface area contributed by atoms with Crippen molar-refractivity contribution >= 4 is 22.4 Å². The maximum atomic E-state index is 12.6. The van der Waals surface area contributed by atoms with Crippen LogP contribution >= 0.6 is 11.3 Å². The van der Waals surface area contributed by atoms with Gasteiger partial charge in [0.05, 0.1) is 11.1 Å². The molecule has 0 saturated carbocycles.